The first-order valence-corrected chi connectivity index (χ1v) is 10.6. The molecule has 29 heavy (non-hydrogen) atoms. The van der Waals surface area contributed by atoms with E-state index in [4.69, 9.17) is 9.47 Å². The first-order valence-electron chi connectivity index (χ1n) is 8.90. The van der Waals surface area contributed by atoms with Gasteiger partial charge in [0.1, 0.15) is 0 Å². The summed E-state index contributed by atoms with van der Waals surface area (Å²) >= 11 is 4.97. The molecule has 2 aliphatic rings. The molecule has 0 saturated heterocycles. The van der Waals surface area contributed by atoms with Gasteiger partial charge in [0.05, 0.1) is 6.54 Å². The Labute approximate surface area is 179 Å². The Kier molecular flexibility index (Phi) is 4.49. The SMILES string of the molecule is O=C1/C(=C\c2cc(Br)cs2)c2ccccc2C(=O)N1Cc1ccc2c(c1)OCO2. The molecule has 0 atom stereocenters. The van der Waals surface area contributed by atoms with Crippen LogP contribution < -0.4 is 9.47 Å². The number of imide groups is 1. The van der Waals surface area contributed by atoms with Crippen molar-refractivity contribution in [3.63, 3.8) is 0 Å². The molecule has 0 unspecified atom stereocenters. The van der Waals surface area contributed by atoms with E-state index < -0.39 is 0 Å². The van der Waals surface area contributed by atoms with Crippen LogP contribution in [0.4, 0.5) is 0 Å². The lowest BCUT2D eigenvalue weighted by Crippen LogP contribution is -2.41. The van der Waals surface area contributed by atoms with Gasteiger partial charge in [-0.3, -0.25) is 14.5 Å². The number of carbonyl (C=O) groups is 2. The first kappa shape index (κ1) is 18.1. The lowest BCUT2D eigenvalue weighted by molar-refractivity contribution is -0.123. The number of ether oxygens (including phenoxy) is 2. The van der Waals surface area contributed by atoms with Gasteiger partial charge in [-0.05, 0) is 57.4 Å². The van der Waals surface area contributed by atoms with Gasteiger partial charge in [0.25, 0.3) is 11.8 Å². The number of nitrogens with zero attached hydrogens (tertiary/aromatic N) is 1. The molecule has 0 spiro atoms. The molecule has 0 fully saturated rings. The van der Waals surface area contributed by atoms with E-state index in [2.05, 4.69) is 15.9 Å². The summed E-state index contributed by atoms with van der Waals surface area (Å²) < 4.78 is 11.7. The van der Waals surface area contributed by atoms with E-state index >= 15 is 0 Å². The highest BCUT2D eigenvalue weighted by atomic mass is 79.9. The zero-order valence-corrected chi connectivity index (χ0v) is 17.5. The summed E-state index contributed by atoms with van der Waals surface area (Å²) in [6.45, 7) is 0.338. The highest BCUT2D eigenvalue weighted by Gasteiger charge is 2.35. The molecule has 0 radical (unpaired) electrons. The number of hydrogen-bond acceptors (Lipinski definition) is 5. The van der Waals surface area contributed by atoms with Crippen molar-refractivity contribution in [2.75, 3.05) is 6.79 Å². The minimum Gasteiger partial charge on any atom is -0.454 e. The molecular formula is C22H14BrNO4S. The average Bonchev–Trinajstić information content (AvgIpc) is 3.36. The molecule has 0 N–H and O–H groups in total. The molecular weight excluding hydrogens is 454 g/mol. The molecule has 2 aromatic carbocycles. The zero-order valence-electron chi connectivity index (χ0n) is 15.1. The summed E-state index contributed by atoms with van der Waals surface area (Å²) in [4.78, 5) is 28.6. The third kappa shape index (κ3) is 3.26. The van der Waals surface area contributed by atoms with Crippen LogP contribution in [0.5, 0.6) is 11.5 Å². The fourth-order valence-electron chi connectivity index (χ4n) is 3.45. The third-order valence-corrected chi connectivity index (χ3v) is 6.46. The van der Waals surface area contributed by atoms with Crippen molar-refractivity contribution in [3.05, 3.63) is 80.0 Å². The molecule has 5 rings (SSSR count). The van der Waals surface area contributed by atoms with Crippen LogP contribution >= 0.6 is 27.3 Å². The van der Waals surface area contributed by atoms with Crippen molar-refractivity contribution >= 4 is 50.7 Å². The van der Waals surface area contributed by atoms with Crippen LogP contribution in [0, 0.1) is 0 Å². The Morgan fingerprint density at radius 2 is 1.79 bits per heavy atom. The van der Waals surface area contributed by atoms with Gasteiger partial charge in [-0.2, -0.15) is 0 Å². The van der Waals surface area contributed by atoms with Crippen molar-refractivity contribution in [2.24, 2.45) is 0 Å². The van der Waals surface area contributed by atoms with Crippen LogP contribution in [0.1, 0.15) is 26.4 Å². The Bertz CT molecular complexity index is 1180. The average molecular weight is 468 g/mol. The van der Waals surface area contributed by atoms with Crippen molar-refractivity contribution < 1.29 is 19.1 Å². The number of carbonyl (C=O) groups excluding carboxylic acids is 2. The van der Waals surface area contributed by atoms with E-state index in [0.717, 1.165) is 14.9 Å². The van der Waals surface area contributed by atoms with Crippen LogP contribution in [0.3, 0.4) is 0 Å². The highest BCUT2D eigenvalue weighted by molar-refractivity contribution is 9.10. The van der Waals surface area contributed by atoms with E-state index in [1.165, 1.54) is 16.2 Å². The smallest absolute Gasteiger partial charge is 0.261 e. The second-order valence-corrected chi connectivity index (χ2v) is 8.51. The molecule has 0 aliphatic carbocycles. The number of amides is 2. The number of benzene rings is 2. The minimum absolute atomic E-state index is 0.161. The van der Waals surface area contributed by atoms with Crippen molar-refractivity contribution in [3.8, 4) is 11.5 Å². The summed E-state index contributed by atoms with van der Waals surface area (Å²) in [5.74, 6) is 0.682. The summed E-state index contributed by atoms with van der Waals surface area (Å²) in [5.41, 5.74) is 2.49. The fourth-order valence-corrected chi connectivity index (χ4v) is 4.83. The fraction of sp³-hybridized carbons (Fsp3) is 0.0909. The molecule has 144 valence electrons. The summed E-state index contributed by atoms with van der Waals surface area (Å²) in [6.07, 6.45) is 1.84. The maximum atomic E-state index is 13.3. The summed E-state index contributed by atoms with van der Waals surface area (Å²) in [6, 6.07) is 14.6. The largest absolute Gasteiger partial charge is 0.454 e. The predicted octanol–water partition coefficient (Wildman–Crippen LogP) is 4.96. The molecule has 0 saturated carbocycles. The van der Waals surface area contributed by atoms with E-state index in [1.54, 1.807) is 12.1 Å². The van der Waals surface area contributed by atoms with Gasteiger partial charge in [-0.15, -0.1) is 11.3 Å². The van der Waals surface area contributed by atoms with Crippen LogP contribution in [-0.4, -0.2) is 23.5 Å². The van der Waals surface area contributed by atoms with Gasteiger partial charge in [0.15, 0.2) is 11.5 Å². The maximum absolute atomic E-state index is 13.3. The molecule has 2 amide bonds. The molecule has 2 aliphatic heterocycles. The lowest BCUT2D eigenvalue weighted by Gasteiger charge is -2.28. The second kappa shape index (κ2) is 7.17. The molecule has 1 aromatic heterocycles. The number of fused-ring (bicyclic) bond motifs is 2. The molecule has 7 heteroatoms. The van der Waals surface area contributed by atoms with Crippen LogP contribution in [0.25, 0.3) is 11.6 Å². The van der Waals surface area contributed by atoms with Gasteiger partial charge in [-0.25, -0.2) is 0 Å². The van der Waals surface area contributed by atoms with E-state index in [-0.39, 0.29) is 25.2 Å². The van der Waals surface area contributed by atoms with Crippen molar-refractivity contribution in [1.82, 2.24) is 4.90 Å². The van der Waals surface area contributed by atoms with Crippen LogP contribution in [-0.2, 0) is 11.3 Å². The molecule has 3 aromatic rings. The zero-order chi connectivity index (χ0) is 20.0. The van der Waals surface area contributed by atoms with Gasteiger partial charge >= 0.3 is 0 Å². The van der Waals surface area contributed by atoms with Crippen LogP contribution in [0.2, 0.25) is 0 Å². The lowest BCUT2D eigenvalue weighted by atomic mass is 9.92. The normalized spacial score (nSPS) is 16.4. The monoisotopic (exact) mass is 467 g/mol. The second-order valence-electron chi connectivity index (χ2n) is 6.65. The number of halogens is 1. The molecule has 0 bridgehead atoms. The van der Waals surface area contributed by atoms with Gasteiger partial charge < -0.3 is 9.47 Å². The predicted molar refractivity (Wildman–Crippen MR) is 114 cm³/mol. The highest BCUT2D eigenvalue weighted by Crippen LogP contribution is 2.35. The van der Waals surface area contributed by atoms with E-state index in [1.807, 2.05) is 47.9 Å². The topological polar surface area (TPSA) is 55.8 Å². The van der Waals surface area contributed by atoms with Gasteiger partial charge in [0, 0.05) is 25.9 Å². The summed E-state index contributed by atoms with van der Waals surface area (Å²) in [7, 11) is 0. The Balaban J connectivity index is 1.55. The summed E-state index contributed by atoms with van der Waals surface area (Å²) in [5, 5.41) is 1.96. The first-order chi connectivity index (χ1) is 14.1. The van der Waals surface area contributed by atoms with Crippen molar-refractivity contribution in [2.45, 2.75) is 6.54 Å². The van der Waals surface area contributed by atoms with Gasteiger partial charge in [0.2, 0.25) is 6.79 Å². The quantitative estimate of drug-likeness (QED) is 0.403. The Morgan fingerprint density at radius 1 is 1.00 bits per heavy atom. The van der Waals surface area contributed by atoms with E-state index in [9.17, 15) is 9.59 Å². The molecule has 5 nitrogen and oxygen atoms in total. The number of thiophene rings is 1. The standard InChI is InChI=1S/C22H14BrNO4S/c23-14-8-15(29-11-14)9-18-16-3-1-2-4-17(16)21(25)24(22(18)26)10-13-5-6-19-20(7-13)28-12-27-19/h1-9,11H,10,12H2/b18-9-. The van der Waals surface area contributed by atoms with Gasteiger partial charge in [-0.1, -0.05) is 24.3 Å². The third-order valence-electron chi connectivity index (χ3n) is 4.82. The number of rotatable bonds is 3. The molecule has 3 heterocycles. The maximum Gasteiger partial charge on any atom is 0.261 e. The Morgan fingerprint density at radius 3 is 2.59 bits per heavy atom. The van der Waals surface area contributed by atoms with E-state index in [0.29, 0.717) is 28.2 Å². The number of hydrogen-bond donors (Lipinski definition) is 0. The van der Waals surface area contributed by atoms with Crippen LogP contribution in [0.15, 0.2) is 58.4 Å². The minimum atomic E-state index is -0.309. The Hall–Kier alpha value is -2.90. The van der Waals surface area contributed by atoms with Crippen molar-refractivity contribution in [1.29, 1.82) is 0 Å².